The average Bonchev–Trinajstić information content (AvgIpc) is 3.85. The van der Waals surface area contributed by atoms with E-state index in [1.165, 1.54) is 25.4 Å². The van der Waals surface area contributed by atoms with Crippen molar-refractivity contribution in [3.05, 3.63) is 78.0 Å². The van der Waals surface area contributed by atoms with Crippen LogP contribution in [0.5, 0.6) is 5.88 Å². The molecule has 2 aliphatic heterocycles. The van der Waals surface area contributed by atoms with Gasteiger partial charge in [0.15, 0.2) is 12.3 Å². The number of piperazine rings is 1. The second-order valence-corrected chi connectivity index (χ2v) is 13.6. The molecule has 286 valence electrons. The lowest BCUT2D eigenvalue weighted by Gasteiger charge is -2.36. The first-order chi connectivity index (χ1) is 26.2. The van der Waals surface area contributed by atoms with Crippen molar-refractivity contribution in [1.29, 1.82) is 0 Å². The summed E-state index contributed by atoms with van der Waals surface area (Å²) in [6.07, 6.45) is 3.14. The predicted octanol–water partition coefficient (Wildman–Crippen LogP) is 2.36. The number of aromatic nitrogens is 2. The summed E-state index contributed by atoms with van der Waals surface area (Å²) >= 11 is 0. The molecule has 5 amide bonds. The number of benzene rings is 2. The Morgan fingerprint density at radius 1 is 0.852 bits per heavy atom. The molecule has 1 aliphatic carbocycles. The molecule has 0 bridgehead atoms. The Labute approximate surface area is 312 Å². The second-order valence-electron chi connectivity index (χ2n) is 13.6. The van der Waals surface area contributed by atoms with Crippen LogP contribution in [0.25, 0.3) is 5.69 Å². The van der Waals surface area contributed by atoms with E-state index in [0.717, 1.165) is 24.8 Å². The second kappa shape index (κ2) is 17.7. The van der Waals surface area contributed by atoms with Crippen molar-refractivity contribution in [3.8, 4) is 11.6 Å². The van der Waals surface area contributed by atoms with Gasteiger partial charge in [0.2, 0.25) is 17.7 Å². The van der Waals surface area contributed by atoms with E-state index >= 15 is 0 Å². The first-order valence-electron chi connectivity index (χ1n) is 18.3. The van der Waals surface area contributed by atoms with Gasteiger partial charge in [-0.3, -0.25) is 24.0 Å². The van der Waals surface area contributed by atoms with Gasteiger partial charge < -0.3 is 39.9 Å². The van der Waals surface area contributed by atoms with Crippen LogP contribution < -0.4 is 15.4 Å². The number of carboxylic acid groups (broad SMARTS) is 1. The molecule has 2 saturated heterocycles. The van der Waals surface area contributed by atoms with Crippen molar-refractivity contribution < 1.29 is 43.3 Å². The average molecular weight is 744 g/mol. The SMILES string of the molecule is O=C(O)CC[C@H](NC(=O)c1cc(OCC(=O)N2CCC[C@H]2C(=O)NC2CCC2)n(-c2ccccc2)n1)C(=O)N1CCN(C(=O)OCc2ccccc2)CC1. The van der Waals surface area contributed by atoms with E-state index in [1.54, 1.807) is 30.3 Å². The zero-order valence-electron chi connectivity index (χ0n) is 29.9. The third-order valence-corrected chi connectivity index (χ3v) is 9.89. The van der Waals surface area contributed by atoms with Crippen molar-refractivity contribution in [2.24, 2.45) is 0 Å². The summed E-state index contributed by atoms with van der Waals surface area (Å²) in [4.78, 5) is 82.2. The number of carbonyl (C=O) groups excluding carboxylic acids is 5. The molecule has 3 N–H and O–H groups in total. The molecule has 16 nitrogen and oxygen atoms in total. The van der Waals surface area contributed by atoms with Crippen LogP contribution in [0.1, 0.15) is 61.0 Å². The van der Waals surface area contributed by atoms with Gasteiger partial charge in [0.1, 0.15) is 18.7 Å². The molecule has 0 spiro atoms. The van der Waals surface area contributed by atoms with Crippen molar-refractivity contribution in [1.82, 2.24) is 35.1 Å². The number of carboxylic acids is 1. The van der Waals surface area contributed by atoms with Crippen LogP contribution in [0.4, 0.5) is 4.79 Å². The van der Waals surface area contributed by atoms with Crippen LogP contribution in [0, 0.1) is 0 Å². The van der Waals surface area contributed by atoms with Gasteiger partial charge in [-0.25, -0.2) is 9.48 Å². The maximum atomic E-state index is 13.7. The molecular formula is C38H45N7O9. The summed E-state index contributed by atoms with van der Waals surface area (Å²) in [6, 6.07) is 17.8. The number of likely N-dealkylation sites (tertiary alicyclic amines) is 1. The van der Waals surface area contributed by atoms with E-state index < -0.39 is 42.6 Å². The van der Waals surface area contributed by atoms with Crippen LogP contribution in [0.2, 0.25) is 0 Å². The van der Waals surface area contributed by atoms with Gasteiger partial charge in [-0.2, -0.15) is 5.10 Å². The van der Waals surface area contributed by atoms with E-state index in [2.05, 4.69) is 15.7 Å². The summed E-state index contributed by atoms with van der Waals surface area (Å²) < 4.78 is 12.7. The normalized spacial score (nSPS) is 17.6. The number of nitrogens with one attached hydrogen (secondary N) is 2. The molecule has 2 aromatic carbocycles. The Morgan fingerprint density at radius 3 is 2.20 bits per heavy atom. The smallest absolute Gasteiger partial charge is 0.410 e. The quantitative estimate of drug-likeness (QED) is 0.221. The van der Waals surface area contributed by atoms with Crippen LogP contribution >= 0.6 is 0 Å². The van der Waals surface area contributed by atoms with E-state index in [0.29, 0.717) is 25.1 Å². The maximum absolute atomic E-state index is 13.7. The van der Waals surface area contributed by atoms with Gasteiger partial charge in [-0.05, 0) is 56.2 Å². The summed E-state index contributed by atoms with van der Waals surface area (Å²) in [5.74, 6) is -2.83. The van der Waals surface area contributed by atoms with Gasteiger partial charge in [-0.15, -0.1) is 0 Å². The Balaban J connectivity index is 1.09. The van der Waals surface area contributed by atoms with Crippen molar-refractivity contribution in [3.63, 3.8) is 0 Å². The predicted molar refractivity (Wildman–Crippen MR) is 192 cm³/mol. The van der Waals surface area contributed by atoms with Gasteiger partial charge in [0.25, 0.3) is 11.8 Å². The van der Waals surface area contributed by atoms with E-state index in [-0.39, 0.29) is 75.1 Å². The van der Waals surface area contributed by atoms with E-state index in [9.17, 15) is 33.9 Å². The maximum Gasteiger partial charge on any atom is 0.410 e. The highest BCUT2D eigenvalue weighted by Crippen LogP contribution is 2.24. The highest BCUT2D eigenvalue weighted by atomic mass is 16.6. The lowest BCUT2D eigenvalue weighted by atomic mass is 9.93. The number of ether oxygens (including phenoxy) is 2. The minimum absolute atomic E-state index is 0.0815. The van der Waals surface area contributed by atoms with Crippen LogP contribution in [-0.4, -0.2) is 123 Å². The van der Waals surface area contributed by atoms with Crippen molar-refractivity contribution >= 4 is 35.7 Å². The number of carbonyl (C=O) groups is 6. The Hall–Kier alpha value is -5.93. The molecule has 3 fully saturated rings. The molecule has 3 aliphatic rings. The highest BCUT2D eigenvalue weighted by molar-refractivity contribution is 5.96. The first-order valence-corrected chi connectivity index (χ1v) is 18.3. The highest BCUT2D eigenvalue weighted by Gasteiger charge is 2.36. The fraction of sp³-hybridized carbons (Fsp3) is 0.447. The van der Waals surface area contributed by atoms with Gasteiger partial charge in [0.05, 0.1) is 5.69 Å². The standard InChI is InChI=1S/C38H45N7O9/c46-32(44-18-8-15-31(44)36(50)39-27-11-7-12-27)25-53-33-23-30(41-45(33)28-13-5-2-6-14-28)35(49)40-29(16-17-34(47)48)37(51)42-19-21-43(22-20-42)38(52)54-24-26-9-3-1-4-10-26/h1-6,9-10,13-14,23,27,29,31H,7-8,11-12,15-22,24-25H2,(H,39,50)(H,40,49)(H,47,48)/t29-,31-/m0/s1. The molecular weight excluding hydrogens is 698 g/mol. The molecule has 1 saturated carbocycles. The third kappa shape index (κ3) is 9.53. The number of hydrogen-bond acceptors (Lipinski definition) is 9. The fourth-order valence-electron chi connectivity index (χ4n) is 6.64. The van der Waals surface area contributed by atoms with Crippen LogP contribution in [-0.2, 0) is 30.5 Å². The minimum atomic E-state index is -1.20. The van der Waals surface area contributed by atoms with Crippen molar-refractivity contribution in [2.75, 3.05) is 39.3 Å². The summed E-state index contributed by atoms with van der Waals surface area (Å²) in [6.45, 7) is 0.852. The van der Waals surface area contributed by atoms with E-state index in [4.69, 9.17) is 9.47 Å². The number of para-hydroxylation sites is 1. The van der Waals surface area contributed by atoms with Gasteiger partial charge >= 0.3 is 12.1 Å². The Kier molecular flexibility index (Phi) is 12.4. The summed E-state index contributed by atoms with van der Waals surface area (Å²) in [5.41, 5.74) is 1.26. The lowest BCUT2D eigenvalue weighted by molar-refractivity contribution is -0.140. The number of aliphatic carboxylic acids is 1. The van der Waals surface area contributed by atoms with Crippen molar-refractivity contribution in [2.45, 2.75) is 69.7 Å². The molecule has 3 heterocycles. The Bertz CT molecular complexity index is 1810. The van der Waals surface area contributed by atoms with Crippen LogP contribution in [0.3, 0.4) is 0 Å². The third-order valence-electron chi connectivity index (χ3n) is 9.89. The number of nitrogens with zero attached hydrogens (tertiary/aromatic N) is 5. The number of amides is 5. The molecule has 6 rings (SSSR count). The minimum Gasteiger partial charge on any atom is -0.481 e. The molecule has 2 atom stereocenters. The van der Waals surface area contributed by atoms with E-state index in [1.807, 2.05) is 30.3 Å². The molecule has 0 unspecified atom stereocenters. The first kappa shape index (κ1) is 37.8. The zero-order chi connectivity index (χ0) is 38.0. The molecule has 0 radical (unpaired) electrons. The molecule has 54 heavy (non-hydrogen) atoms. The summed E-state index contributed by atoms with van der Waals surface area (Å²) in [7, 11) is 0. The van der Waals surface area contributed by atoms with Gasteiger partial charge in [-0.1, -0.05) is 48.5 Å². The Morgan fingerprint density at radius 2 is 1.54 bits per heavy atom. The fourth-order valence-corrected chi connectivity index (χ4v) is 6.64. The molecule has 3 aromatic rings. The number of hydrogen-bond donors (Lipinski definition) is 3. The topological polar surface area (TPSA) is 193 Å². The summed E-state index contributed by atoms with van der Waals surface area (Å²) in [5, 5.41) is 19.5. The lowest BCUT2D eigenvalue weighted by Crippen LogP contribution is -2.56. The monoisotopic (exact) mass is 743 g/mol. The largest absolute Gasteiger partial charge is 0.481 e. The number of rotatable bonds is 14. The molecule has 1 aromatic heterocycles. The van der Waals surface area contributed by atoms with Crippen LogP contribution in [0.15, 0.2) is 66.7 Å². The van der Waals surface area contributed by atoms with Gasteiger partial charge in [0, 0.05) is 51.3 Å². The zero-order valence-corrected chi connectivity index (χ0v) is 29.9. The molecule has 16 heteroatoms.